The summed E-state index contributed by atoms with van der Waals surface area (Å²) in [5, 5.41) is 7.58. The topological polar surface area (TPSA) is 75.4 Å². The molecule has 0 aliphatic carbocycles. The van der Waals surface area contributed by atoms with Gasteiger partial charge in [0.2, 0.25) is 0 Å². The number of hydrogen-bond donors (Lipinski definition) is 1. The Morgan fingerprint density at radius 1 is 1.22 bits per heavy atom. The van der Waals surface area contributed by atoms with Gasteiger partial charge in [-0.05, 0) is 44.9 Å². The third kappa shape index (κ3) is 4.45. The van der Waals surface area contributed by atoms with Gasteiger partial charge in [-0.1, -0.05) is 28.4 Å². The number of rotatable bonds is 4. The maximum atomic E-state index is 12.7. The molecule has 0 atom stereocenters. The smallest absolute Gasteiger partial charge is 0.317 e. The van der Waals surface area contributed by atoms with Gasteiger partial charge in [-0.25, -0.2) is 4.79 Å². The van der Waals surface area contributed by atoms with Gasteiger partial charge in [-0.15, -0.1) is 0 Å². The highest BCUT2D eigenvalue weighted by atomic mass is 35.5. The molecule has 6 nitrogen and oxygen atoms in total. The van der Waals surface area contributed by atoms with Crippen LogP contribution in [0.4, 0.5) is 4.79 Å². The van der Waals surface area contributed by atoms with Crippen molar-refractivity contribution in [1.82, 2.24) is 15.4 Å². The minimum Gasteiger partial charge on any atom is -0.361 e. The van der Waals surface area contributed by atoms with Gasteiger partial charge in [-0.3, -0.25) is 4.79 Å². The van der Waals surface area contributed by atoms with E-state index in [-0.39, 0.29) is 17.7 Å². The Balaban J connectivity index is 1.52. The Morgan fingerprint density at radius 3 is 2.52 bits per heavy atom. The van der Waals surface area contributed by atoms with Gasteiger partial charge in [-0.2, -0.15) is 0 Å². The fraction of sp³-hybridized carbons (Fsp3) is 0.421. The van der Waals surface area contributed by atoms with Gasteiger partial charge in [0.05, 0.1) is 15.7 Å². The third-order valence-corrected chi connectivity index (χ3v) is 5.69. The van der Waals surface area contributed by atoms with E-state index < -0.39 is 0 Å². The number of amides is 2. The molecule has 2 amide bonds. The van der Waals surface area contributed by atoms with Crippen molar-refractivity contribution in [2.45, 2.75) is 33.2 Å². The van der Waals surface area contributed by atoms with Crippen LogP contribution in [0.5, 0.6) is 0 Å². The molecule has 1 aliphatic rings. The van der Waals surface area contributed by atoms with Crippen LogP contribution in [0.1, 0.15) is 40.2 Å². The van der Waals surface area contributed by atoms with Crippen LogP contribution in [0, 0.1) is 19.8 Å². The van der Waals surface area contributed by atoms with Crippen LogP contribution in [-0.2, 0) is 6.54 Å². The lowest BCUT2D eigenvalue weighted by Crippen LogP contribution is -2.45. The largest absolute Gasteiger partial charge is 0.361 e. The fourth-order valence-electron chi connectivity index (χ4n) is 3.26. The maximum Gasteiger partial charge on any atom is 0.317 e. The quantitative estimate of drug-likeness (QED) is 0.758. The molecule has 1 N–H and O–H groups in total. The second-order valence-corrected chi connectivity index (χ2v) is 7.53. The first-order valence-corrected chi connectivity index (χ1v) is 9.56. The van der Waals surface area contributed by atoms with Crippen molar-refractivity contribution in [3.63, 3.8) is 0 Å². The molecule has 2 aromatic rings. The van der Waals surface area contributed by atoms with Crippen molar-refractivity contribution < 1.29 is 14.1 Å². The first kappa shape index (κ1) is 19.7. The summed E-state index contributed by atoms with van der Waals surface area (Å²) in [6.07, 6.45) is 1.25. The van der Waals surface area contributed by atoms with E-state index in [1.165, 1.54) is 0 Å². The average molecular weight is 410 g/mol. The van der Waals surface area contributed by atoms with Crippen molar-refractivity contribution in [1.29, 1.82) is 0 Å². The second kappa shape index (κ2) is 8.31. The molecule has 0 radical (unpaired) electrons. The molecule has 27 heavy (non-hydrogen) atoms. The number of nitrogens with one attached hydrogen (secondary N) is 1. The van der Waals surface area contributed by atoms with Crippen LogP contribution in [0.2, 0.25) is 10.0 Å². The van der Waals surface area contributed by atoms with Crippen LogP contribution in [0.3, 0.4) is 0 Å². The number of carbonyl (C=O) groups is 2. The Hall–Kier alpha value is -2.05. The van der Waals surface area contributed by atoms with Crippen molar-refractivity contribution in [3.8, 4) is 0 Å². The van der Waals surface area contributed by atoms with Crippen molar-refractivity contribution >= 4 is 35.0 Å². The van der Waals surface area contributed by atoms with Crippen LogP contribution in [-0.4, -0.2) is 35.0 Å². The number of likely N-dealkylation sites (tertiary alicyclic amines) is 1. The number of aryl methyl sites for hydroxylation is 2. The fourth-order valence-corrected chi connectivity index (χ4v) is 3.56. The molecule has 0 spiro atoms. The van der Waals surface area contributed by atoms with Crippen LogP contribution in [0.15, 0.2) is 22.7 Å². The van der Waals surface area contributed by atoms with Crippen molar-refractivity contribution in [2.75, 3.05) is 13.1 Å². The summed E-state index contributed by atoms with van der Waals surface area (Å²) in [6.45, 7) is 5.11. The molecule has 8 heteroatoms. The number of nitrogens with zero attached hydrogens (tertiary/aromatic N) is 2. The lowest BCUT2D eigenvalue weighted by molar-refractivity contribution is 0.0854. The summed E-state index contributed by atoms with van der Waals surface area (Å²) in [7, 11) is 0. The van der Waals surface area contributed by atoms with Gasteiger partial charge >= 0.3 is 6.03 Å². The average Bonchev–Trinajstić information content (AvgIpc) is 2.99. The number of Topliss-reactive ketones (excluding diaryl/α,β-unsaturated/α-hetero) is 1. The van der Waals surface area contributed by atoms with Gasteiger partial charge in [0, 0.05) is 36.7 Å². The van der Waals surface area contributed by atoms with E-state index in [1.54, 1.807) is 23.1 Å². The zero-order chi connectivity index (χ0) is 19.6. The monoisotopic (exact) mass is 409 g/mol. The number of hydrogen-bond acceptors (Lipinski definition) is 4. The van der Waals surface area contributed by atoms with Gasteiger partial charge < -0.3 is 14.7 Å². The molecule has 1 saturated heterocycles. The first-order chi connectivity index (χ1) is 12.9. The van der Waals surface area contributed by atoms with E-state index in [2.05, 4.69) is 10.5 Å². The SMILES string of the molecule is Cc1noc(C)c1CNC(=O)N1CCC(C(=O)c2ccc(Cl)c(Cl)c2)CC1. The van der Waals surface area contributed by atoms with Crippen molar-refractivity contribution in [3.05, 3.63) is 50.8 Å². The Bertz CT molecular complexity index is 838. The molecule has 0 unspecified atom stereocenters. The molecular weight excluding hydrogens is 389 g/mol. The Morgan fingerprint density at radius 2 is 1.93 bits per heavy atom. The molecule has 1 aliphatic heterocycles. The normalized spacial score (nSPS) is 15.0. The number of ketones is 1. The molecule has 1 aromatic heterocycles. The number of piperidine rings is 1. The maximum absolute atomic E-state index is 12.7. The molecule has 0 saturated carbocycles. The number of carbonyl (C=O) groups excluding carboxylic acids is 2. The Labute approximate surface area is 167 Å². The predicted molar refractivity (Wildman–Crippen MR) is 103 cm³/mol. The van der Waals surface area contributed by atoms with Crippen LogP contribution in [0.25, 0.3) is 0 Å². The number of halogens is 2. The first-order valence-electron chi connectivity index (χ1n) is 8.80. The Kier molecular flexibility index (Phi) is 6.07. The molecule has 0 bridgehead atoms. The van der Waals surface area contributed by atoms with E-state index in [0.717, 1.165) is 11.3 Å². The summed E-state index contributed by atoms with van der Waals surface area (Å²) in [5.41, 5.74) is 2.23. The zero-order valence-corrected chi connectivity index (χ0v) is 16.7. The van der Waals surface area contributed by atoms with E-state index in [1.807, 2.05) is 13.8 Å². The highest BCUT2D eigenvalue weighted by molar-refractivity contribution is 6.42. The summed E-state index contributed by atoms with van der Waals surface area (Å²) < 4.78 is 5.10. The number of benzene rings is 1. The van der Waals surface area contributed by atoms with Crippen molar-refractivity contribution in [2.24, 2.45) is 5.92 Å². The number of aromatic nitrogens is 1. The van der Waals surface area contributed by atoms with E-state index >= 15 is 0 Å². The molecule has 144 valence electrons. The zero-order valence-electron chi connectivity index (χ0n) is 15.2. The van der Waals surface area contributed by atoms with Gasteiger partial charge in [0.25, 0.3) is 0 Å². The summed E-state index contributed by atoms with van der Waals surface area (Å²) in [5.74, 6) is 0.636. The number of urea groups is 1. The summed E-state index contributed by atoms with van der Waals surface area (Å²) >= 11 is 11.9. The van der Waals surface area contributed by atoms with Crippen LogP contribution >= 0.6 is 23.2 Å². The second-order valence-electron chi connectivity index (χ2n) is 6.72. The predicted octanol–water partition coefficient (Wildman–Crippen LogP) is 4.40. The third-order valence-electron chi connectivity index (χ3n) is 4.95. The summed E-state index contributed by atoms with van der Waals surface area (Å²) in [6, 6.07) is 4.79. The lowest BCUT2D eigenvalue weighted by atomic mass is 9.89. The van der Waals surface area contributed by atoms with Gasteiger partial charge in [0.15, 0.2) is 5.78 Å². The molecular formula is C19H21Cl2N3O3. The lowest BCUT2D eigenvalue weighted by Gasteiger charge is -2.31. The highest BCUT2D eigenvalue weighted by Gasteiger charge is 2.28. The molecule has 1 fully saturated rings. The molecule has 3 rings (SSSR count). The van der Waals surface area contributed by atoms with E-state index in [0.29, 0.717) is 53.8 Å². The van der Waals surface area contributed by atoms with E-state index in [4.69, 9.17) is 27.7 Å². The standard InChI is InChI=1S/C19H21Cl2N3O3/c1-11-15(12(2)27-23-11)10-22-19(26)24-7-5-13(6-8-24)18(25)14-3-4-16(20)17(21)9-14/h3-4,9,13H,5-8,10H2,1-2H3,(H,22,26). The van der Waals surface area contributed by atoms with E-state index in [9.17, 15) is 9.59 Å². The summed E-state index contributed by atoms with van der Waals surface area (Å²) in [4.78, 5) is 26.8. The highest BCUT2D eigenvalue weighted by Crippen LogP contribution is 2.27. The van der Waals surface area contributed by atoms with Gasteiger partial charge in [0.1, 0.15) is 5.76 Å². The minimum atomic E-state index is -0.143. The minimum absolute atomic E-state index is 0.0457. The van der Waals surface area contributed by atoms with Crippen LogP contribution < -0.4 is 5.32 Å². The molecule has 2 heterocycles. The molecule has 1 aromatic carbocycles.